The Labute approximate surface area is 206 Å². The number of fused-ring (bicyclic) bond motifs is 1. The van der Waals surface area contributed by atoms with Gasteiger partial charge in [-0.3, -0.25) is 9.69 Å². The molecule has 1 aromatic heterocycles. The first-order valence-corrected chi connectivity index (χ1v) is 12.8. The molecule has 0 saturated carbocycles. The Hall–Kier alpha value is -3.20. The number of nitrogens with two attached hydrogens (primary N) is 1. The second-order valence-corrected chi connectivity index (χ2v) is 10.0. The van der Waals surface area contributed by atoms with E-state index >= 15 is 0 Å². The number of β-lactam (4-membered cyclic amide) rings is 1. The fraction of sp³-hybridized carbons (Fsp3) is 0.192. The summed E-state index contributed by atoms with van der Waals surface area (Å²) in [6, 6.07) is 18.6. The second kappa shape index (κ2) is 9.58. The van der Waals surface area contributed by atoms with Crippen LogP contribution in [0.25, 0.3) is 6.08 Å². The molecule has 8 heteroatoms. The number of ether oxygens (including phenoxy) is 1. The molecule has 0 bridgehead atoms. The predicted octanol–water partition coefficient (Wildman–Crippen LogP) is 4.29. The lowest BCUT2D eigenvalue weighted by Crippen LogP contribution is -2.68. The molecule has 1 saturated heterocycles. The third kappa shape index (κ3) is 4.20. The van der Waals surface area contributed by atoms with Crippen molar-refractivity contribution in [3.63, 3.8) is 0 Å². The number of hydrogen-bond acceptors (Lipinski definition) is 7. The normalized spacial score (nSPS) is 20.0. The molecule has 0 radical (unpaired) electrons. The maximum Gasteiger partial charge on any atom is 0.356 e. The standard InChI is InChI=1S/C26H23N3O3S2/c1-16-20(34-15-28-16)13-12-19-14-33-25-21(27)24(30)29(25)22(19)26(31)32-23(17-8-4-2-5-9-17)18-10-6-3-7-11-18/h2-13,15,21,23,25H,14,27H2,1H3/t21?,25-/m1/s1. The van der Waals surface area contributed by atoms with Crippen LogP contribution >= 0.6 is 23.1 Å². The molecule has 172 valence electrons. The maximum absolute atomic E-state index is 13.7. The van der Waals surface area contributed by atoms with Crippen LogP contribution in [-0.2, 0) is 14.3 Å². The average Bonchev–Trinajstić information content (AvgIpc) is 3.30. The molecule has 2 aliphatic rings. The highest BCUT2D eigenvalue weighted by molar-refractivity contribution is 8.00. The molecule has 5 rings (SSSR count). The quantitative estimate of drug-likeness (QED) is 0.411. The lowest BCUT2D eigenvalue weighted by atomic mass is 10.0. The van der Waals surface area contributed by atoms with Crippen LogP contribution < -0.4 is 5.73 Å². The largest absolute Gasteiger partial charge is 0.448 e. The summed E-state index contributed by atoms with van der Waals surface area (Å²) in [6.45, 7) is 1.94. The number of allylic oxidation sites excluding steroid dienone is 1. The number of amides is 1. The van der Waals surface area contributed by atoms with Gasteiger partial charge in [0.1, 0.15) is 17.1 Å². The number of carbonyl (C=O) groups excluding carboxylic acids is 2. The fourth-order valence-electron chi connectivity index (χ4n) is 4.05. The van der Waals surface area contributed by atoms with E-state index in [9.17, 15) is 9.59 Å². The smallest absolute Gasteiger partial charge is 0.356 e. The van der Waals surface area contributed by atoms with Crippen molar-refractivity contribution in [2.24, 2.45) is 5.73 Å². The van der Waals surface area contributed by atoms with E-state index in [2.05, 4.69) is 4.98 Å². The number of hydrogen-bond donors (Lipinski definition) is 1. The topological polar surface area (TPSA) is 85.5 Å². The van der Waals surface area contributed by atoms with Crippen molar-refractivity contribution >= 4 is 41.1 Å². The van der Waals surface area contributed by atoms with Crippen molar-refractivity contribution in [1.82, 2.24) is 9.88 Å². The summed E-state index contributed by atoms with van der Waals surface area (Å²) in [7, 11) is 0. The highest BCUT2D eigenvalue weighted by Crippen LogP contribution is 2.41. The molecule has 6 nitrogen and oxygen atoms in total. The summed E-state index contributed by atoms with van der Waals surface area (Å²) in [5.41, 5.74) is 11.4. The lowest BCUT2D eigenvalue weighted by Gasteiger charge is -2.48. The van der Waals surface area contributed by atoms with Crippen molar-refractivity contribution in [2.75, 3.05) is 5.75 Å². The maximum atomic E-state index is 13.7. The molecule has 2 N–H and O–H groups in total. The number of thioether (sulfide) groups is 1. The number of rotatable bonds is 6. The zero-order valence-corrected chi connectivity index (χ0v) is 20.1. The van der Waals surface area contributed by atoms with Gasteiger partial charge in [0.2, 0.25) is 5.91 Å². The van der Waals surface area contributed by atoms with Gasteiger partial charge in [-0.2, -0.15) is 0 Å². The Kier molecular flexibility index (Phi) is 6.36. The van der Waals surface area contributed by atoms with Crippen molar-refractivity contribution < 1.29 is 14.3 Å². The first kappa shape index (κ1) is 22.6. The zero-order chi connectivity index (χ0) is 23.7. The van der Waals surface area contributed by atoms with Crippen molar-refractivity contribution in [2.45, 2.75) is 24.4 Å². The Bertz CT molecular complexity index is 1230. The van der Waals surface area contributed by atoms with Gasteiger partial charge in [0.15, 0.2) is 6.10 Å². The molecule has 34 heavy (non-hydrogen) atoms. The molecule has 1 unspecified atom stereocenters. The van der Waals surface area contributed by atoms with Gasteiger partial charge >= 0.3 is 5.97 Å². The summed E-state index contributed by atoms with van der Waals surface area (Å²) >= 11 is 3.08. The summed E-state index contributed by atoms with van der Waals surface area (Å²) in [5, 5.41) is -0.260. The van der Waals surface area contributed by atoms with Crippen LogP contribution in [-0.4, -0.2) is 38.9 Å². The monoisotopic (exact) mass is 489 g/mol. The minimum atomic E-state index is -0.610. The van der Waals surface area contributed by atoms with E-state index in [-0.39, 0.29) is 17.0 Å². The van der Waals surface area contributed by atoms with Gasteiger partial charge in [0.25, 0.3) is 0 Å². The molecular weight excluding hydrogens is 466 g/mol. The third-order valence-corrected chi connectivity index (χ3v) is 8.10. The number of aromatic nitrogens is 1. The molecule has 2 atom stereocenters. The molecule has 3 heterocycles. The van der Waals surface area contributed by atoms with Crippen LogP contribution in [0, 0.1) is 6.92 Å². The second-order valence-electron chi connectivity index (χ2n) is 8.05. The van der Waals surface area contributed by atoms with E-state index in [0.717, 1.165) is 27.3 Å². The zero-order valence-electron chi connectivity index (χ0n) is 18.5. The first-order valence-electron chi connectivity index (χ1n) is 10.9. The highest BCUT2D eigenvalue weighted by Gasteiger charge is 2.52. The molecule has 3 aromatic rings. The van der Waals surface area contributed by atoms with Crippen molar-refractivity contribution in [3.05, 3.63) is 105 Å². The Balaban J connectivity index is 1.52. The predicted molar refractivity (Wildman–Crippen MR) is 135 cm³/mol. The number of aryl methyl sites for hydroxylation is 1. The Morgan fingerprint density at radius 1 is 1.12 bits per heavy atom. The summed E-state index contributed by atoms with van der Waals surface area (Å²) in [6.07, 6.45) is 3.22. The first-order chi connectivity index (χ1) is 16.5. The van der Waals surface area contributed by atoms with Crippen LogP contribution in [0.2, 0.25) is 0 Å². The highest BCUT2D eigenvalue weighted by atomic mass is 32.2. The van der Waals surface area contributed by atoms with Crippen LogP contribution in [0.15, 0.2) is 83.5 Å². The van der Waals surface area contributed by atoms with Gasteiger partial charge in [-0.1, -0.05) is 66.7 Å². The molecule has 1 amide bonds. The van der Waals surface area contributed by atoms with E-state index < -0.39 is 18.1 Å². The van der Waals surface area contributed by atoms with Crippen molar-refractivity contribution in [1.29, 1.82) is 0 Å². The number of carbonyl (C=O) groups is 2. The molecule has 0 spiro atoms. The van der Waals surface area contributed by atoms with Gasteiger partial charge in [0, 0.05) is 10.6 Å². The number of nitrogens with zero attached hydrogens (tertiary/aromatic N) is 2. The minimum absolute atomic E-state index is 0.260. The average molecular weight is 490 g/mol. The van der Waals surface area contributed by atoms with Gasteiger partial charge in [-0.15, -0.1) is 23.1 Å². The van der Waals surface area contributed by atoms with E-state index in [4.69, 9.17) is 10.5 Å². The van der Waals surface area contributed by atoms with Crippen LogP contribution in [0.3, 0.4) is 0 Å². The fourth-order valence-corrected chi connectivity index (χ4v) is 6.01. The SMILES string of the molecule is Cc1ncsc1C=CC1=C(C(=O)OC(c2ccccc2)c2ccccc2)N2C(=O)C(N)[C@H]2SC1. The number of thiazole rings is 1. The van der Waals surface area contributed by atoms with Crippen LogP contribution in [0.1, 0.15) is 27.8 Å². The number of esters is 1. The van der Waals surface area contributed by atoms with E-state index in [0.29, 0.717) is 5.75 Å². The van der Waals surface area contributed by atoms with E-state index in [1.165, 1.54) is 16.2 Å². The van der Waals surface area contributed by atoms with Crippen molar-refractivity contribution in [3.8, 4) is 0 Å². The van der Waals surface area contributed by atoms with Gasteiger partial charge < -0.3 is 10.5 Å². The molecule has 2 aliphatic heterocycles. The van der Waals surface area contributed by atoms with E-state index in [1.807, 2.05) is 79.7 Å². The van der Waals surface area contributed by atoms with Gasteiger partial charge in [0.05, 0.1) is 11.2 Å². The van der Waals surface area contributed by atoms with Crippen LogP contribution in [0.5, 0.6) is 0 Å². The summed E-state index contributed by atoms with van der Waals surface area (Å²) in [4.78, 5) is 33.1. The third-order valence-electron chi connectivity index (χ3n) is 5.88. The number of benzene rings is 2. The summed E-state index contributed by atoms with van der Waals surface area (Å²) < 4.78 is 6.10. The minimum Gasteiger partial charge on any atom is -0.448 e. The van der Waals surface area contributed by atoms with Gasteiger partial charge in [-0.25, -0.2) is 9.78 Å². The summed E-state index contributed by atoms with van der Waals surface area (Å²) in [5.74, 6) is -0.244. The Morgan fingerprint density at radius 2 is 1.76 bits per heavy atom. The van der Waals surface area contributed by atoms with E-state index in [1.54, 1.807) is 17.3 Å². The van der Waals surface area contributed by atoms with Gasteiger partial charge in [-0.05, 0) is 29.7 Å². The lowest BCUT2D eigenvalue weighted by molar-refractivity contribution is -0.153. The molecule has 2 aromatic carbocycles. The van der Waals surface area contributed by atoms with Crippen LogP contribution in [0.4, 0.5) is 0 Å². The Morgan fingerprint density at radius 3 is 2.35 bits per heavy atom. The molecular formula is C26H23N3O3S2. The molecule has 0 aliphatic carbocycles. The molecule has 1 fully saturated rings.